The summed E-state index contributed by atoms with van der Waals surface area (Å²) in [6, 6.07) is 8.73. The van der Waals surface area contributed by atoms with E-state index in [-0.39, 0.29) is 18.6 Å². The zero-order valence-electron chi connectivity index (χ0n) is 15.4. The van der Waals surface area contributed by atoms with Gasteiger partial charge in [0.05, 0.1) is 19.1 Å². The molecule has 142 valence electrons. The molecule has 1 fully saturated rings. The highest BCUT2D eigenvalue weighted by Gasteiger charge is 2.25. The fourth-order valence-electron chi connectivity index (χ4n) is 3.43. The molecule has 1 saturated heterocycles. The summed E-state index contributed by atoms with van der Waals surface area (Å²) in [7, 11) is 0. The van der Waals surface area contributed by atoms with Crippen LogP contribution in [0.25, 0.3) is 17.2 Å². The van der Waals surface area contributed by atoms with Gasteiger partial charge in [-0.3, -0.25) is 4.79 Å². The minimum atomic E-state index is -0.691. The van der Waals surface area contributed by atoms with E-state index in [0.717, 1.165) is 27.8 Å². The van der Waals surface area contributed by atoms with Gasteiger partial charge in [0.15, 0.2) is 0 Å². The summed E-state index contributed by atoms with van der Waals surface area (Å²) in [5.74, 6) is -0.846. The number of cyclic esters (lactones) is 1. The molecule has 1 aliphatic heterocycles. The number of halogens is 1. The highest BCUT2D eigenvalue weighted by molar-refractivity contribution is 5.78. The van der Waals surface area contributed by atoms with E-state index in [9.17, 15) is 19.4 Å². The fourth-order valence-corrected chi connectivity index (χ4v) is 3.43. The Morgan fingerprint density at radius 1 is 1.26 bits per heavy atom. The maximum atomic E-state index is 13.8. The van der Waals surface area contributed by atoms with E-state index in [4.69, 9.17) is 4.74 Å². The van der Waals surface area contributed by atoms with Gasteiger partial charge in [-0.2, -0.15) is 0 Å². The first-order chi connectivity index (χ1) is 12.9. The van der Waals surface area contributed by atoms with Crippen LogP contribution in [0.1, 0.15) is 35.1 Å². The van der Waals surface area contributed by atoms with Gasteiger partial charge in [0.1, 0.15) is 11.9 Å². The van der Waals surface area contributed by atoms with Gasteiger partial charge in [-0.25, -0.2) is 4.39 Å². The number of carbonyl (C=O) groups excluding carboxylic acids is 1. The quantitative estimate of drug-likeness (QED) is 0.806. The molecule has 27 heavy (non-hydrogen) atoms. The molecule has 0 saturated carbocycles. The van der Waals surface area contributed by atoms with Crippen molar-refractivity contribution in [2.45, 2.75) is 45.5 Å². The molecular formula is C22H23FO4. The van der Waals surface area contributed by atoms with E-state index < -0.39 is 24.0 Å². The third kappa shape index (κ3) is 4.43. The van der Waals surface area contributed by atoms with Crippen molar-refractivity contribution in [3.63, 3.8) is 0 Å². The maximum absolute atomic E-state index is 13.8. The number of benzene rings is 2. The van der Waals surface area contributed by atoms with Crippen molar-refractivity contribution in [2.75, 3.05) is 0 Å². The maximum Gasteiger partial charge on any atom is 0.309 e. The Morgan fingerprint density at radius 3 is 2.74 bits per heavy atom. The van der Waals surface area contributed by atoms with E-state index in [1.807, 2.05) is 32.1 Å². The topological polar surface area (TPSA) is 66.8 Å². The van der Waals surface area contributed by atoms with Gasteiger partial charge in [-0.1, -0.05) is 29.8 Å². The highest BCUT2D eigenvalue weighted by atomic mass is 19.1. The Morgan fingerprint density at radius 2 is 2.04 bits per heavy atom. The summed E-state index contributed by atoms with van der Waals surface area (Å²) in [6.07, 6.45) is 2.88. The summed E-state index contributed by atoms with van der Waals surface area (Å²) < 4.78 is 19.0. The molecule has 0 aliphatic carbocycles. The first-order valence-corrected chi connectivity index (χ1v) is 8.94. The molecule has 3 rings (SSSR count). The molecular weight excluding hydrogens is 347 g/mol. The van der Waals surface area contributed by atoms with E-state index in [1.165, 1.54) is 6.07 Å². The van der Waals surface area contributed by atoms with Crippen molar-refractivity contribution in [1.29, 1.82) is 0 Å². The minimum absolute atomic E-state index is 0.0265. The van der Waals surface area contributed by atoms with E-state index in [1.54, 1.807) is 18.2 Å². The molecule has 0 radical (unpaired) electrons. The number of aliphatic hydroxyl groups excluding tert-OH is 2. The van der Waals surface area contributed by atoms with Gasteiger partial charge in [0.2, 0.25) is 0 Å². The number of aryl methyl sites for hydroxylation is 2. The molecule has 4 nitrogen and oxygen atoms in total. The number of aliphatic hydroxyl groups is 2. The Labute approximate surface area is 157 Å². The largest absolute Gasteiger partial charge is 0.458 e. The Kier molecular flexibility index (Phi) is 5.73. The van der Waals surface area contributed by atoms with Gasteiger partial charge in [-0.15, -0.1) is 0 Å². The highest BCUT2D eigenvalue weighted by Crippen LogP contribution is 2.31. The number of hydrogen-bond donors (Lipinski definition) is 2. The SMILES string of the molecule is Cc1cc(C)c(C=C[C@@H]2C[C@@H](O)CC(=O)O2)c(-c2ccc(F)c(CO)c2)c1. The predicted octanol–water partition coefficient (Wildman–Crippen LogP) is 3.68. The summed E-state index contributed by atoms with van der Waals surface area (Å²) >= 11 is 0. The second-order valence-electron chi connectivity index (χ2n) is 6.99. The van der Waals surface area contributed by atoms with Crippen LogP contribution in [0.5, 0.6) is 0 Å². The lowest BCUT2D eigenvalue weighted by molar-refractivity contribution is -0.156. The molecule has 0 aromatic heterocycles. The second-order valence-corrected chi connectivity index (χ2v) is 6.99. The first-order valence-electron chi connectivity index (χ1n) is 8.94. The molecule has 1 aliphatic rings. The lowest BCUT2D eigenvalue weighted by Gasteiger charge is -2.23. The lowest BCUT2D eigenvalue weighted by atomic mass is 9.92. The van der Waals surface area contributed by atoms with E-state index >= 15 is 0 Å². The van der Waals surface area contributed by atoms with Crippen LogP contribution >= 0.6 is 0 Å². The van der Waals surface area contributed by atoms with Gasteiger partial charge < -0.3 is 14.9 Å². The Bertz CT molecular complexity index is 888. The van der Waals surface area contributed by atoms with Crippen LogP contribution in [0.15, 0.2) is 36.4 Å². The van der Waals surface area contributed by atoms with Crippen molar-refractivity contribution in [2.24, 2.45) is 0 Å². The number of hydrogen-bond acceptors (Lipinski definition) is 4. The third-order valence-electron chi connectivity index (χ3n) is 4.73. The summed E-state index contributed by atoms with van der Waals surface area (Å²) in [5.41, 5.74) is 4.96. The van der Waals surface area contributed by atoms with E-state index in [2.05, 4.69) is 0 Å². The monoisotopic (exact) mass is 370 g/mol. The zero-order valence-corrected chi connectivity index (χ0v) is 15.4. The molecule has 2 N–H and O–H groups in total. The van der Waals surface area contributed by atoms with E-state index in [0.29, 0.717) is 6.42 Å². The summed E-state index contributed by atoms with van der Waals surface area (Å²) in [5, 5.41) is 19.1. The van der Waals surface area contributed by atoms with Crippen LogP contribution in [-0.4, -0.2) is 28.4 Å². The van der Waals surface area contributed by atoms with Crippen LogP contribution < -0.4 is 0 Å². The molecule has 0 unspecified atom stereocenters. The number of rotatable bonds is 4. The molecule has 0 spiro atoms. The van der Waals surface area contributed by atoms with Gasteiger partial charge in [-0.05, 0) is 54.3 Å². The molecule has 1 heterocycles. The number of esters is 1. The molecule has 0 amide bonds. The van der Waals surface area contributed by atoms with Crippen molar-refractivity contribution < 1.29 is 24.1 Å². The predicted molar refractivity (Wildman–Crippen MR) is 101 cm³/mol. The fraction of sp³-hybridized carbons (Fsp3) is 0.318. The van der Waals surface area contributed by atoms with Crippen LogP contribution in [0.2, 0.25) is 0 Å². The molecule has 0 bridgehead atoms. The van der Waals surface area contributed by atoms with Crippen molar-refractivity contribution in [3.05, 3.63) is 64.5 Å². The molecule has 2 atom stereocenters. The lowest BCUT2D eigenvalue weighted by Crippen LogP contribution is -2.31. The first kappa shape index (κ1) is 19.3. The summed E-state index contributed by atoms with van der Waals surface area (Å²) in [6.45, 7) is 3.60. The Balaban J connectivity index is 2.00. The van der Waals surface area contributed by atoms with Crippen LogP contribution in [0, 0.1) is 19.7 Å². The normalized spacial score (nSPS) is 20.1. The van der Waals surface area contributed by atoms with Crippen LogP contribution in [-0.2, 0) is 16.1 Å². The zero-order chi connectivity index (χ0) is 19.6. The van der Waals surface area contributed by atoms with Crippen LogP contribution in [0.3, 0.4) is 0 Å². The van der Waals surface area contributed by atoms with Gasteiger partial charge >= 0.3 is 5.97 Å². The van der Waals surface area contributed by atoms with Gasteiger partial charge in [0.25, 0.3) is 0 Å². The average Bonchev–Trinajstić information content (AvgIpc) is 2.60. The number of ether oxygens (including phenoxy) is 1. The van der Waals surface area contributed by atoms with Crippen molar-refractivity contribution >= 4 is 12.0 Å². The Hall–Kier alpha value is -2.50. The smallest absolute Gasteiger partial charge is 0.309 e. The average molecular weight is 370 g/mol. The number of carbonyl (C=O) groups is 1. The summed E-state index contributed by atoms with van der Waals surface area (Å²) in [4.78, 5) is 11.5. The van der Waals surface area contributed by atoms with Gasteiger partial charge in [0, 0.05) is 12.0 Å². The third-order valence-corrected chi connectivity index (χ3v) is 4.73. The van der Waals surface area contributed by atoms with Crippen LogP contribution in [0.4, 0.5) is 4.39 Å². The standard InChI is InChI=1S/C22H23FO4/c1-13-7-14(2)19(5-4-18-10-17(25)11-22(26)27-18)20(8-13)15-3-6-21(23)16(9-15)12-24/h3-9,17-18,24-25H,10-12H2,1-2H3/t17-,18-/m1/s1. The second kappa shape index (κ2) is 8.03. The minimum Gasteiger partial charge on any atom is -0.458 e. The molecule has 2 aromatic carbocycles. The molecule has 5 heteroatoms. The van der Waals surface area contributed by atoms with Crippen molar-refractivity contribution in [1.82, 2.24) is 0 Å². The van der Waals surface area contributed by atoms with Crippen molar-refractivity contribution in [3.8, 4) is 11.1 Å². The molecule has 2 aromatic rings.